The molecular weight excluding hydrogens is 291 g/mol. The molecule has 0 unspecified atom stereocenters. The van der Waals surface area contributed by atoms with Gasteiger partial charge in [-0.25, -0.2) is 0 Å². The number of ether oxygens (including phenoxy) is 1. The molecule has 0 amide bonds. The number of halogens is 4. The summed E-state index contributed by atoms with van der Waals surface area (Å²) in [6, 6.07) is 3.09. The first kappa shape index (κ1) is 15.6. The maximum absolute atomic E-state index is 13.2. The highest BCUT2D eigenvalue weighted by Gasteiger charge is 2.37. The molecule has 2 heterocycles. The molecule has 112 valence electrons. The van der Waals surface area contributed by atoms with E-state index < -0.39 is 11.7 Å². The molecule has 0 radical (unpaired) electrons. The Kier molecular flexibility index (Phi) is 4.62. The van der Waals surface area contributed by atoms with Crippen LogP contribution in [-0.2, 0) is 24.0 Å². The van der Waals surface area contributed by atoms with Crippen molar-refractivity contribution < 1.29 is 17.9 Å². The second kappa shape index (κ2) is 5.92. The minimum Gasteiger partial charge on any atom is -0.381 e. The van der Waals surface area contributed by atoms with Crippen molar-refractivity contribution in [2.75, 3.05) is 13.2 Å². The van der Waals surface area contributed by atoms with E-state index in [-0.39, 0.29) is 18.3 Å². The highest BCUT2D eigenvalue weighted by molar-refractivity contribution is 5.85. The van der Waals surface area contributed by atoms with Crippen LogP contribution in [0, 0.1) is 0 Å². The first-order chi connectivity index (χ1) is 9.05. The summed E-state index contributed by atoms with van der Waals surface area (Å²) in [7, 11) is 0. The van der Waals surface area contributed by atoms with Gasteiger partial charge < -0.3 is 10.1 Å². The fourth-order valence-electron chi connectivity index (χ4n) is 2.96. The van der Waals surface area contributed by atoms with Crippen molar-refractivity contribution in [1.29, 1.82) is 0 Å². The highest BCUT2D eigenvalue weighted by atomic mass is 35.5. The molecule has 2 nitrogen and oxygen atoms in total. The summed E-state index contributed by atoms with van der Waals surface area (Å²) < 4.78 is 44.9. The van der Waals surface area contributed by atoms with Crippen LogP contribution >= 0.6 is 12.4 Å². The van der Waals surface area contributed by atoms with E-state index in [1.54, 1.807) is 6.07 Å². The van der Waals surface area contributed by atoms with E-state index in [1.165, 1.54) is 6.07 Å². The Hall–Kier alpha value is -0.780. The third-order valence-corrected chi connectivity index (χ3v) is 3.97. The lowest BCUT2D eigenvalue weighted by Crippen LogP contribution is -2.19. The van der Waals surface area contributed by atoms with Gasteiger partial charge in [0.25, 0.3) is 0 Å². The molecule has 0 aliphatic carbocycles. The van der Waals surface area contributed by atoms with Crippen LogP contribution in [0.5, 0.6) is 0 Å². The molecule has 0 saturated carbocycles. The van der Waals surface area contributed by atoms with Gasteiger partial charge in [0.2, 0.25) is 0 Å². The lowest BCUT2D eigenvalue weighted by molar-refractivity contribution is -0.138. The van der Waals surface area contributed by atoms with Crippen LogP contribution in [0.1, 0.15) is 41.0 Å². The average molecular weight is 308 g/mol. The predicted molar refractivity (Wildman–Crippen MR) is 72.0 cm³/mol. The molecule has 0 bridgehead atoms. The number of benzene rings is 1. The number of hydrogen-bond donors (Lipinski definition) is 1. The SMILES string of the molecule is Cl.FC(F)(F)c1cc2c(cc1C1CCOCC1)CNC2. The fraction of sp³-hybridized carbons (Fsp3) is 0.571. The number of hydrogen-bond acceptors (Lipinski definition) is 2. The van der Waals surface area contributed by atoms with Gasteiger partial charge in [0.05, 0.1) is 5.56 Å². The zero-order valence-electron chi connectivity index (χ0n) is 10.9. The molecule has 2 aliphatic rings. The molecule has 1 saturated heterocycles. The summed E-state index contributed by atoms with van der Waals surface area (Å²) in [5, 5.41) is 3.10. The van der Waals surface area contributed by atoms with Gasteiger partial charge >= 0.3 is 6.18 Å². The summed E-state index contributed by atoms with van der Waals surface area (Å²) in [6.07, 6.45) is -2.92. The van der Waals surface area contributed by atoms with Crippen LogP contribution in [0.3, 0.4) is 0 Å². The topological polar surface area (TPSA) is 21.3 Å². The molecule has 1 aromatic rings. The fourth-order valence-corrected chi connectivity index (χ4v) is 2.96. The van der Waals surface area contributed by atoms with E-state index in [2.05, 4.69) is 5.32 Å². The zero-order chi connectivity index (χ0) is 13.5. The summed E-state index contributed by atoms with van der Waals surface area (Å²) in [6.45, 7) is 2.31. The highest BCUT2D eigenvalue weighted by Crippen LogP contribution is 2.40. The van der Waals surface area contributed by atoms with Gasteiger partial charge in [-0.2, -0.15) is 13.2 Å². The van der Waals surface area contributed by atoms with Crippen molar-refractivity contribution in [1.82, 2.24) is 5.32 Å². The summed E-state index contributed by atoms with van der Waals surface area (Å²) in [5.74, 6) is -0.0312. The van der Waals surface area contributed by atoms with E-state index in [4.69, 9.17) is 4.74 Å². The molecule has 0 spiro atoms. The molecule has 1 fully saturated rings. The van der Waals surface area contributed by atoms with Gasteiger partial charge in [-0.15, -0.1) is 12.4 Å². The largest absolute Gasteiger partial charge is 0.416 e. The van der Waals surface area contributed by atoms with E-state index in [9.17, 15) is 13.2 Å². The summed E-state index contributed by atoms with van der Waals surface area (Å²) >= 11 is 0. The van der Waals surface area contributed by atoms with Crippen molar-refractivity contribution in [2.24, 2.45) is 0 Å². The molecule has 1 aromatic carbocycles. The van der Waals surface area contributed by atoms with Crippen LogP contribution in [0.25, 0.3) is 0 Å². The maximum Gasteiger partial charge on any atom is 0.416 e. The normalized spacial score (nSPS) is 19.6. The van der Waals surface area contributed by atoms with Gasteiger partial charge in [0.1, 0.15) is 0 Å². The number of fused-ring (bicyclic) bond motifs is 1. The van der Waals surface area contributed by atoms with E-state index in [0.717, 1.165) is 11.1 Å². The Morgan fingerprint density at radius 3 is 2.25 bits per heavy atom. The molecule has 2 aliphatic heterocycles. The molecule has 3 rings (SSSR count). The van der Waals surface area contributed by atoms with Crippen molar-refractivity contribution >= 4 is 12.4 Å². The first-order valence-electron chi connectivity index (χ1n) is 6.57. The molecular formula is C14H17ClF3NO. The standard InChI is InChI=1S/C14H16F3NO.ClH/c15-14(16,17)13-6-11-8-18-7-10(11)5-12(13)9-1-3-19-4-2-9;/h5-6,9,18H,1-4,7-8H2;1H. The van der Waals surface area contributed by atoms with Crippen LogP contribution < -0.4 is 5.32 Å². The Morgan fingerprint density at radius 2 is 1.65 bits per heavy atom. The lowest BCUT2D eigenvalue weighted by atomic mass is 9.86. The van der Waals surface area contributed by atoms with Gasteiger partial charge in [0.15, 0.2) is 0 Å². The van der Waals surface area contributed by atoms with Crippen LogP contribution in [0.2, 0.25) is 0 Å². The first-order valence-corrected chi connectivity index (χ1v) is 6.57. The third-order valence-electron chi connectivity index (χ3n) is 3.97. The number of alkyl halides is 3. The van der Waals surface area contributed by atoms with E-state index in [1.807, 2.05) is 0 Å². The third kappa shape index (κ3) is 2.95. The average Bonchev–Trinajstić information content (AvgIpc) is 2.84. The van der Waals surface area contributed by atoms with E-state index in [0.29, 0.717) is 44.7 Å². The van der Waals surface area contributed by atoms with Gasteiger partial charge in [0, 0.05) is 26.3 Å². The molecule has 20 heavy (non-hydrogen) atoms. The second-order valence-corrected chi connectivity index (χ2v) is 5.20. The van der Waals surface area contributed by atoms with Crippen LogP contribution in [0.15, 0.2) is 12.1 Å². The predicted octanol–water partition coefficient (Wildman–Crippen LogP) is 3.62. The minimum absolute atomic E-state index is 0. The van der Waals surface area contributed by atoms with Crippen LogP contribution in [0.4, 0.5) is 13.2 Å². The van der Waals surface area contributed by atoms with Crippen LogP contribution in [-0.4, -0.2) is 13.2 Å². The van der Waals surface area contributed by atoms with Crippen molar-refractivity contribution in [3.05, 3.63) is 34.4 Å². The Morgan fingerprint density at radius 1 is 1.05 bits per heavy atom. The van der Waals surface area contributed by atoms with E-state index >= 15 is 0 Å². The van der Waals surface area contributed by atoms with Gasteiger partial charge in [-0.05, 0) is 41.5 Å². The number of nitrogens with one attached hydrogen (secondary N) is 1. The van der Waals surface area contributed by atoms with Crippen molar-refractivity contribution in [2.45, 2.75) is 38.0 Å². The van der Waals surface area contributed by atoms with Gasteiger partial charge in [-0.1, -0.05) is 6.07 Å². The summed E-state index contributed by atoms with van der Waals surface area (Å²) in [5.41, 5.74) is 1.79. The zero-order valence-corrected chi connectivity index (χ0v) is 11.7. The van der Waals surface area contributed by atoms with Crippen molar-refractivity contribution in [3.63, 3.8) is 0 Å². The molecule has 0 atom stereocenters. The molecule has 1 N–H and O–H groups in total. The van der Waals surface area contributed by atoms with Gasteiger partial charge in [-0.3, -0.25) is 0 Å². The Bertz CT molecular complexity index is 484. The minimum atomic E-state index is -4.27. The Balaban J connectivity index is 0.00000147. The summed E-state index contributed by atoms with van der Waals surface area (Å²) in [4.78, 5) is 0. The Labute approximate surface area is 122 Å². The molecule has 0 aromatic heterocycles. The second-order valence-electron chi connectivity index (χ2n) is 5.20. The lowest BCUT2D eigenvalue weighted by Gasteiger charge is -2.26. The smallest absolute Gasteiger partial charge is 0.381 e. The van der Waals surface area contributed by atoms with Crippen molar-refractivity contribution in [3.8, 4) is 0 Å². The molecule has 6 heteroatoms. The number of rotatable bonds is 1. The monoisotopic (exact) mass is 307 g/mol. The maximum atomic E-state index is 13.2. The quantitative estimate of drug-likeness (QED) is 0.855.